The second-order valence-corrected chi connectivity index (χ2v) is 18.7. The summed E-state index contributed by atoms with van der Waals surface area (Å²) in [4.78, 5) is 26.6. The lowest BCUT2D eigenvalue weighted by molar-refractivity contribution is -0.127. The largest absolute Gasteiger partial charge is 0.417 e. The minimum atomic E-state index is -1.93. The normalized spacial score (nSPS) is 28.4. The van der Waals surface area contributed by atoms with E-state index >= 15 is 0 Å². The molecule has 5 nitrogen and oxygen atoms in total. The molecule has 0 bridgehead atoms. The van der Waals surface area contributed by atoms with E-state index in [1.807, 2.05) is 6.92 Å². The Morgan fingerprint density at radius 2 is 1.97 bits per heavy atom. The van der Waals surface area contributed by atoms with Crippen LogP contribution in [0.3, 0.4) is 0 Å². The molecule has 1 unspecified atom stereocenters. The van der Waals surface area contributed by atoms with Crippen LogP contribution in [0.4, 0.5) is 0 Å². The third-order valence-corrected chi connectivity index (χ3v) is 14.6. The molecule has 0 aromatic rings. The van der Waals surface area contributed by atoms with E-state index in [1.54, 1.807) is 12.7 Å². The fourth-order valence-corrected chi connectivity index (χ4v) is 7.63. The monoisotopic (exact) mass is 546 g/mol. The zero-order valence-electron chi connectivity index (χ0n) is 25.5. The molecule has 3 aliphatic rings. The molecule has 2 saturated carbocycles. The van der Waals surface area contributed by atoms with Crippen molar-refractivity contribution in [3.8, 4) is 0 Å². The van der Waals surface area contributed by atoms with Crippen LogP contribution in [0.15, 0.2) is 23.3 Å². The number of methoxy groups -OCH3 is 1. The van der Waals surface area contributed by atoms with Crippen LogP contribution in [0, 0.1) is 29.1 Å². The highest BCUT2D eigenvalue weighted by atomic mass is 28.4. The SMILES string of the molecule is COCOC/C(C)=C/CCC(=O)CCC[C@@H](CO[Si](C)(C)C(C)(C)C)C1CCC2=CCC[C@]3(C)[C@H]2[C@@H]3C1=O. The molecule has 0 aromatic carbocycles. The van der Waals surface area contributed by atoms with Gasteiger partial charge in [-0.05, 0) is 87.3 Å². The van der Waals surface area contributed by atoms with Crippen molar-refractivity contribution in [2.45, 2.75) is 111 Å². The zero-order chi connectivity index (χ0) is 28.1. The van der Waals surface area contributed by atoms with Gasteiger partial charge < -0.3 is 13.9 Å². The van der Waals surface area contributed by atoms with Crippen LogP contribution in [-0.4, -0.2) is 47.0 Å². The molecule has 0 heterocycles. The minimum Gasteiger partial charge on any atom is -0.417 e. The standard InChI is InChI=1S/C32H54O5Si/c1-23(20-36-22-35-6)12-9-15-26(33)16-10-13-25(21-37-38(7,8)31(2,3)4)27-18-17-24-14-11-19-32(5)28(24)29(32)30(27)34/h12,14,25,27-29H,9-11,13,15-22H2,1-8H3/b23-12+/t25-,27?,28+,29+,32+/m0/s1. The fourth-order valence-electron chi connectivity index (χ4n) is 6.56. The molecule has 0 radical (unpaired) electrons. The summed E-state index contributed by atoms with van der Waals surface area (Å²) < 4.78 is 17.0. The topological polar surface area (TPSA) is 61.8 Å². The first-order chi connectivity index (χ1) is 17.8. The fraction of sp³-hybridized carbons (Fsp3) is 0.812. The first kappa shape index (κ1) is 31.4. The molecule has 3 aliphatic carbocycles. The van der Waals surface area contributed by atoms with Gasteiger partial charge in [-0.1, -0.05) is 51.0 Å². The van der Waals surface area contributed by atoms with Gasteiger partial charge in [0.1, 0.15) is 18.4 Å². The smallest absolute Gasteiger partial charge is 0.191 e. The minimum absolute atomic E-state index is 0.0610. The zero-order valence-corrected chi connectivity index (χ0v) is 26.5. The quantitative estimate of drug-likeness (QED) is 0.0913. The third kappa shape index (κ3) is 7.55. The van der Waals surface area contributed by atoms with Crippen molar-refractivity contribution in [1.82, 2.24) is 0 Å². The van der Waals surface area contributed by atoms with E-state index in [1.165, 1.54) is 0 Å². The molecule has 6 heteroatoms. The summed E-state index contributed by atoms with van der Waals surface area (Å²) >= 11 is 0. The van der Waals surface area contributed by atoms with Crippen molar-refractivity contribution in [2.75, 3.05) is 27.1 Å². The molecule has 0 aliphatic heterocycles. The first-order valence-electron chi connectivity index (χ1n) is 14.9. The van der Waals surface area contributed by atoms with Crippen LogP contribution in [0.1, 0.15) is 92.4 Å². The molecule has 5 atom stereocenters. The van der Waals surface area contributed by atoms with Gasteiger partial charge in [-0.2, -0.15) is 0 Å². The van der Waals surface area contributed by atoms with Gasteiger partial charge in [-0.25, -0.2) is 0 Å². The van der Waals surface area contributed by atoms with Gasteiger partial charge >= 0.3 is 0 Å². The van der Waals surface area contributed by atoms with Crippen molar-refractivity contribution in [1.29, 1.82) is 0 Å². The number of allylic oxidation sites excluding steroid dienone is 3. The van der Waals surface area contributed by atoms with Crippen molar-refractivity contribution in [2.24, 2.45) is 29.1 Å². The van der Waals surface area contributed by atoms with E-state index < -0.39 is 8.32 Å². The number of hydrogen-bond acceptors (Lipinski definition) is 5. The number of hydrogen-bond donors (Lipinski definition) is 0. The summed E-state index contributed by atoms with van der Waals surface area (Å²) in [7, 11) is -0.316. The van der Waals surface area contributed by atoms with Gasteiger partial charge in [0, 0.05) is 38.4 Å². The summed E-state index contributed by atoms with van der Waals surface area (Å²) in [5.41, 5.74) is 2.87. The Morgan fingerprint density at radius 3 is 2.66 bits per heavy atom. The Labute approximate surface area is 233 Å². The van der Waals surface area contributed by atoms with Crippen LogP contribution in [0.5, 0.6) is 0 Å². The second kappa shape index (κ2) is 13.1. The number of carbonyl (C=O) groups excluding carboxylic acids is 2. The molecular weight excluding hydrogens is 492 g/mol. The average Bonchev–Trinajstić information content (AvgIpc) is 3.51. The highest BCUT2D eigenvalue weighted by Crippen LogP contribution is 2.69. The number of ketones is 2. The lowest BCUT2D eigenvalue weighted by Gasteiger charge is -2.38. The number of fused-ring (bicyclic) bond motifs is 1. The van der Waals surface area contributed by atoms with E-state index in [9.17, 15) is 9.59 Å². The van der Waals surface area contributed by atoms with Crippen LogP contribution in [-0.2, 0) is 23.5 Å². The predicted octanol–water partition coefficient (Wildman–Crippen LogP) is 7.66. The van der Waals surface area contributed by atoms with Crippen LogP contribution >= 0.6 is 0 Å². The Morgan fingerprint density at radius 1 is 1.24 bits per heavy atom. The molecule has 38 heavy (non-hydrogen) atoms. The molecule has 0 N–H and O–H groups in total. The molecule has 0 amide bonds. The molecule has 0 saturated heterocycles. The molecule has 0 spiro atoms. The van der Waals surface area contributed by atoms with Crippen LogP contribution < -0.4 is 0 Å². The van der Waals surface area contributed by atoms with Gasteiger partial charge in [0.05, 0.1) is 6.61 Å². The highest BCUT2D eigenvalue weighted by Gasteiger charge is 2.67. The molecule has 2 fully saturated rings. The van der Waals surface area contributed by atoms with E-state index in [0.717, 1.165) is 50.5 Å². The summed E-state index contributed by atoms with van der Waals surface area (Å²) in [6, 6.07) is 0. The Bertz CT molecular complexity index is 898. The lowest BCUT2D eigenvalue weighted by Crippen LogP contribution is -2.43. The summed E-state index contributed by atoms with van der Waals surface area (Å²) in [5, 5.41) is 0.137. The molecule has 216 valence electrons. The Kier molecular flexibility index (Phi) is 10.8. The van der Waals surface area contributed by atoms with Gasteiger partial charge in [-0.15, -0.1) is 0 Å². The molecule has 0 aromatic heterocycles. The van der Waals surface area contributed by atoms with Crippen molar-refractivity contribution in [3.05, 3.63) is 23.3 Å². The van der Waals surface area contributed by atoms with Gasteiger partial charge in [0.15, 0.2) is 8.32 Å². The van der Waals surface area contributed by atoms with E-state index in [-0.39, 0.29) is 35.0 Å². The molecule has 3 rings (SSSR count). The summed E-state index contributed by atoms with van der Waals surface area (Å²) in [6.45, 7) is 17.2. The maximum atomic E-state index is 13.9. The van der Waals surface area contributed by atoms with Crippen LogP contribution in [0.2, 0.25) is 18.1 Å². The van der Waals surface area contributed by atoms with Gasteiger partial charge in [0.25, 0.3) is 0 Å². The van der Waals surface area contributed by atoms with Crippen molar-refractivity contribution in [3.63, 3.8) is 0 Å². The number of rotatable bonds is 15. The lowest BCUT2D eigenvalue weighted by atomic mass is 9.78. The van der Waals surface area contributed by atoms with Gasteiger partial charge in [0.2, 0.25) is 0 Å². The number of ether oxygens (including phenoxy) is 2. The van der Waals surface area contributed by atoms with Crippen molar-refractivity contribution < 1.29 is 23.5 Å². The maximum absolute atomic E-state index is 13.9. The number of carbonyl (C=O) groups is 2. The Balaban J connectivity index is 1.59. The maximum Gasteiger partial charge on any atom is 0.191 e. The first-order valence-corrected chi connectivity index (χ1v) is 17.8. The van der Waals surface area contributed by atoms with Crippen molar-refractivity contribution >= 4 is 19.9 Å². The van der Waals surface area contributed by atoms with Crippen LogP contribution in [0.25, 0.3) is 0 Å². The summed E-state index contributed by atoms with van der Waals surface area (Å²) in [5.74, 6) is 1.77. The van der Waals surface area contributed by atoms with E-state index in [2.05, 4.69) is 52.9 Å². The van der Waals surface area contributed by atoms with E-state index in [0.29, 0.717) is 43.5 Å². The highest BCUT2D eigenvalue weighted by molar-refractivity contribution is 6.74. The van der Waals surface area contributed by atoms with E-state index in [4.69, 9.17) is 13.9 Å². The second-order valence-electron chi connectivity index (χ2n) is 13.9. The predicted molar refractivity (Wildman–Crippen MR) is 156 cm³/mol. The summed E-state index contributed by atoms with van der Waals surface area (Å²) in [6.07, 6.45) is 12.4. The third-order valence-electron chi connectivity index (χ3n) is 10.1. The Hall–Kier alpha value is -1.08. The van der Waals surface area contributed by atoms with Gasteiger partial charge in [-0.3, -0.25) is 9.59 Å². The average molecular weight is 547 g/mol. The molecular formula is C32H54O5Si. The number of Topliss-reactive ketones (excluding diaryl/α,β-unsaturated/α-hetero) is 2.